The Labute approximate surface area is 174 Å². The first-order valence-electron chi connectivity index (χ1n) is 8.05. The van der Waals surface area contributed by atoms with Crippen LogP contribution in [0.15, 0.2) is 15.5 Å². The van der Waals surface area contributed by atoms with Gasteiger partial charge in [0.1, 0.15) is 5.56 Å². The topological polar surface area (TPSA) is 179 Å². The zero-order chi connectivity index (χ0) is 22.1. The maximum Gasteiger partial charge on any atom is 0.335 e. The molecule has 0 saturated carbocycles. The van der Waals surface area contributed by atoms with Crippen LogP contribution in [0.2, 0.25) is 0 Å². The average Bonchev–Trinajstić information content (AvgIpc) is 3.24. The van der Waals surface area contributed by atoms with Gasteiger partial charge in [0.05, 0.1) is 20.3 Å². The molecular formula is C14H16N8O6S2. The zero-order valence-corrected chi connectivity index (χ0v) is 17.7. The summed E-state index contributed by atoms with van der Waals surface area (Å²) in [4.78, 5) is 20.0. The number of nitrogens with one attached hydrogen (secondary N) is 3. The largest absolute Gasteiger partial charge is 0.481 e. The van der Waals surface area contributed by atoms with Crippen molar-refractivity contribution in [3.05, 3.63) is 16.6 Å². The lowest BCUT2D eigenvalue weighted by atomic mass is 10.2. The van der Waals surface area contributed by atoms with Gasteiger partial charge in [-0.25, -0.2) is 14.6 Å². The predicted octanol–water partition coefficient (Wildman–Crippen LogP) is 0.759. The highest BCUT2D eigenvalue weighted by atomic mass is 32.2. The van der Waals surface area contributed by atoms with Crippen LogP contribution in [0.1, 0.15) is 5.69 Å². The lowest BCUT2D eigenvalue weighted by molar-refractivity contribution is 0.256. The molecule has 3 aromatic rings. The molecule has 0 bridgehead atoms. The van der Waals surface area contributed by atoms with Crippen molar-refractivity contribution in [2.24, 2.45) is 7.05 Å². The summed E-state index contributed by atoms with van der Waals surface area (Å²) in [5, 5.41) is 11.9. The van der Waals surface area contributed by atoms with E-state index >= 15 is 0 Å². The summed E-state index contributed by atoms with van der Waals surface area (Å²) in [5.41, 5.74) is 0.464. The molecule has 0 saturated heterocycles. The van der Waals surface area contributed by atoms with Gasteiger partial charge in [0, 0.05) is 12.7 Å². The van der Waals surface area contributed by atoms with Crippen LogP contribution in [0.3, 0.4) is 0 Å². The molecule has 14 nitrogen and oxygen atoms in total. The third kappa shape index (κ3) is 4.23. The molecule has 0 unspecified atom stereocenters. The van der Waals surface area contributed by atoms with E-state index in [1.807, 2.05) is 4.72 Å². The fourth-order valence-corrected chi connectivity index (χ4v) is 3.57. The smallest absolute Gasteiger partial charge is 0.335 e. The SMILES string of the molecule is COc1cc(OC)nc(NC(=O)NS(=O)(=O)c2nn(C)c(C)c2-c2n[nH]c(=S)o2)n1. The molecule has 30 heavy (non-hydrogen) atoms. The summed E-state index contributed by atoms with van der Waals surface area (Å²) in [7, 11) is -0.206. The molecule has 0 aliphatic rings. The first-order valence-corrected chi connectivity index (χ1v) is 9.94. The van der Waals surface area contributed by atoms with Gasteiger partial charge in [-0.05, 0) is 19.1 Å². The number of carbonyl (C=O) groups is 1. The molecule has 0 aromatic carbocycles. The van der Waals surface area contributed by atoms with Crippen LogP contribution in [-0.4, -0.2) is 58.6 Å². The van der Waals surface area contributed by atoms with Gasteiger partial charge < -0.3 is 13.9 Å². The number of H-pyrrole nitrogens is 1. The molecule has 0 radical (unpaired) electrons. The Bertz CT molecular complexity index is 1240. The number of nitrogens with zero attached hydrogens (tertiary/aromatic N) is 5. The first-order chi connectivity index (χ1) is 14.1. The van der Waals surface area contributed by atoms with Crippen molar-refractivity contribution in [2.45, 2.75) is 11.9 Å². The predicted molar refractivity (Wildman–Crippen MR) is 103 cm³/mol. The van der Waals surface area contributed by atoms with E-state index in [2.05, 4.69) is 30.6 Å². The van der Waals surface area contributed by atoms with Crippen LogP contribution in [0.4, 0.5) is 10.7 Å². The Hall–Kier alpha value is -3.53. The molecule has 3 heterocycles. The highest BCUT2D eigenvalue weighted by molar-refractivity contribution is 7.90. The monoisotopic (exact) mass is 456 g/mol. The van der Waals surface area contributed by atoms with E-state index in [0.29, 0.717) is 5.69 Å². The van der Waals surface area contributed by atoms with Crippen LogP contribution < -0.4 is 19.5 Å². The number of aryl methyl sites for hydroxylation is 1. The molecule has 0 aliphatic carbocycles. The van der Waals surface area contributed by atoms with Gasteiger partial charge in [0.2, 0.25) is 22.7 Å². The number of ether oxygens (including phenoxy) is 2. The quantitative estimate of drug-likeness (QED) is 0.446. The lowest BCUT2D eigenvalue weighted by Gasteiger charge is -2.09. The summed E-state index contributed by atoms with van der Waals surface area (Å²) >= 11 is 4.83. The Morgan fingerprint density at radius 2 is 1.90 bits per heavy atom. The normalized spacial score (nSPS) is 11.2. The van der Waals surface area contributed by atoms with Gasteiger partial charge >= 0.3 is 6.03 Å². The van der Waals surface area contributed by atoms with Crippen LogP contribution in [0, 0.1) is 11.8 Å². The van der Waals surface area contributed by atoms with Gasteiger partial charge in [-0.1, -0.05) is 0 Å². The summed E-state index contributed by atoms with van der Waals surface area (Å²) in [6.07, 6.45) is 0. The van der Waals surface area contributed by atoms with Crippen LogP contribution in [0.25, 0.3) is 11.5 Å². The second-order valence-electron chi connectivity index (χ2n) is 5.64. The maximum absolute atomic E-state index is 12.8. The zero-order valence-electron chi connectivity index (χ0n) is 16.1. The number of hydrogen-bond acceptors (Lipinski definition) is 11. The summed E-state index contributed by atoms with van der Waals surface area (Å²) in [5.74, 6) is -0.133. The molecular weight excluding hydrogens is 440 g/mol. The second-order valence-corrected chi connectivity index (χ2v) is 7.61. The van der Waals surface area contributed by atoms with Crippen molar-refractivity contribution in [1.29, 1.82) is 0 Å². The molecule has 0 spiro atoms. The van der Waals surface area contributed by atoms with E-state index in [-0.39, 0.29) is 34.0 Å². The summed E-state index contributed by atoms with van der Waals surface area (Å²) < 4.78 is 43.9. The first kappa shape index (κ1) is 21.2. The standard InChI is InChI=1S/C14H16N8O6S2/c1-6-9(10-18-19-14(29)28-10)11(20-22(6)2)30(24,25)21-13(23)17-12-15-7(26-3)5-8(16-12)27-4/h5H,1-4H3,(H,19,29)(H2,15,16,17,21,23). The summed E-state index contributed by atoms with van der Waals surface area (Å²) in [6, 6.07) is 0.242. The average molecular weight is 456 g/mol. The van der Waals surface area contributed by atoms with E-state index in [1.165, 1.54) is 32.0 Å². The van der Waals surface area contributed by atoms with Gasteiger partial charge in [0.15, 0.2) is 0 Å². The van der Waals surface area contributed by atoms with Gasteiger partial charge in [0.25, 0.3) is 20.8 Å². The minimum absolute atomic E-state index is 0.0458. The van der Waals surface area contributed by atoms with E-state index in [4.69, 9.17) is 26.1 Å². The van der Waals surface area contributed by atoms with Gasteiger partial charge in [-0.3, -0.25) is 10.00 Å². The van der Waals surface area contributed by atoms with Crippen molar-refractivity contribution < 1.29 is 27.1 Å². The van der Waals surface area contributed by atoms with Crippen molar-refractivity contribution >= 4 is 34.2 Å². The number of hydrogen-bond donors (Lipinski definition) is 3. The van der Waals surface area contributed by atoms with E-state index in [1.54, 1.807) is 6.92 Å². The Morgan fingerprint density at radius 1 is 1.27 bits per heavy atom. The Kier molecular flexibility index (Phi) is 5.70. The van der Waals surface area contributed by atoms with E-state index < -0.39 is 21.1 Å². The van der Waals surface area contributed by atoms with Gasteiger partial charge in [-0.2, -0.15) is 23.5 Å². The number of amides is 2. The van der Waals surface area contributed by atoms with Crippen LogP contribution in [0.5, 0.6) is 11.8 Å². The third-order valence-corrected chi connectivity index (χ3v) is 5.18. The number of aromatic nitrogens is 6. The number of sulfonamides is 1. The molecule has 0 atom stereocenters. The third-order valence-electron chi connectivity index (χ3n) is 3.76. The molecule has 3 N–H and O–H groups in total. The van der Waals surface area contributed by atoms with E-state index in [9.17, 15) is 13.2 Å². The van der Waals surface area contributed by atoms with Crippen LogP contribution >= 0.6 is 12.2 Å². The number of rotatable bonds is 6. The van der Waals surface area contributed by atoms with Gasteiger partial charge in [-0.15, -0.1) is 5.10 Å². The fourth-order valence-electron chi connectivity index (χ4n) is 2.32. The van der Waals surface area contributed by atoms with Crippen molar-refractivity contribution in [2.75, 3.05) is 19.5 Å². The second kappa shape index (κ2) is 8.07. The maximum atomic E-state index is 12.8. The Morgan fingerprint density at radius 3 is 2.43 bits per heavy atom. The molecule has 0 aliphatic heterocycles. The fraction of sp³-hybridized carbons (Fsp3) is 0.286. The van der Waals surface area contributed by atoms with Crippen molar-refractivity contribution in [3.63, 3.8) is 0 Å². The molecule has 3 aromatic heterocycles. The number of urea groups is 1. The van der Waals surface area contributed by atoms with E-state index in [0.717, 1.165) is 0 Å². The highest BCUT2D eigenvalue weighted by Crippen LogP contribution is 2.28. The van der Waals surface area contributed by atoms with Crippen molar-refractivity contribution in [3.8, 4) is 23.2 Å². The Balaban J connectivity index is 1.90. The number of methoxy groups -OCH3 is 2. The number of carbonyl (C=O) groups excluding carboxylic acids is 1. The molecule has 160 valence electrons. The number of anilines is 1. The highest BCUT2D eigenvalue weighted by Gasteiger charge is 2.30. The minimum atomic E-state index is -4.44. The van der Waals surface area contributed by atoms with Crippen LogP contribution in [-0.2, 0) is 17.1 Å². The molecule has 0 fully saturated rings. The minimum Gasteiger partial charge on any atom is -0.481 e. The number of aromatic amines is 1. The summed E-state index contributed by atoms with van der Waals surface area (Å²) in [6.45, 7) is 1.60. The molecule has 2 amide bonds. The molecule has 3 rings (SSSR count). The lowest BCUT2D eigenvalue weighted by Crippen LogP contribution is -2.35. The molecule has 16 heteroatoms. The van der Waals surface area contributed by atoms with Crippen molar-refractivity contribution in [1.82, 2.24) is 34.7 Å².